The summed E-state index contributed by atoms with van der Waals surface area (Å²) in [7, 11) is 0. The second-order valence-corrected chi connectivity index (χ2v) is 1.96. The van der Waals surface area contributed by atoms with Gasteiger partial charge in [0, 0.05) is 11.8 Å². The molecule has 1 rings (SSSR count). The summed E-state index contributed by atoms with van der Waals surface area (Å²) in [5, 5.41) is 8.95. The highest BCUT2D eigenvalue weighted by molar-refractivity contribution is 5.65. The van der Waals surface area contributed by atoms with Gasteiger partial charge in [0.05, 0.1) is 5.69 Å². The fraction of sp³-hybridized carbons (Fsp3) is 0. The van der Waals surface area contributed by atoms with Crippen LogP contribution >= 0.6 is 0 Å². The first-order valence-electron chi connectivity index (χ1n) is 2.93. The van der Waals surface area contributed by atoms with E-state index < -0.39 is 0 Å². The maximum Gasteiger partial charge on any atom is 0.132 e. The number of nitrogens with one attached hydrogen (secondary N) is 1. The molecule has 0 aromatic carbocycles. The lowest BCUT2D eigenvalue weighted by Crippen LogP contribution is -1.82. The molecule has 1 aromatic heterocycles. The second-order valence-electron chi connectivity index (χ2n) is 1.96. The first-order valence-corrected chi connectivity index (χ1v) is 2.93. The topological polar surface area (TPSA) is 36.0 Å². The van der Waals surface area contributed by atoms with Crippen molar-refractivity contribution >= 4 is 11.8 Å². The van der Waals surface area contributed by atoms with Gasteiger partial charge < -0.3 is 10.1 Å². The average Bonchev–Trinajstić information content (AvgIpc) is 2.33. The zero-order chi connectivity index (χ0) is 7.56. The Hall–Kier alpha value is -1.44. The predicted octanol–water partition coefficient (Wildman–Crippen LogP) is 2.19. The first-order chi connectivity index (χ1) is 4.75. The van der Waals surface area contributed by atoms with Crippen molar-refractivity contribution in [2.24, 2.45) is 0 Å². The number of aliphatic hydroxyl groups excluding tert-OH is 1. The van der Waals surface area contributed by atoms with E-state index in [1.807, 2.05) is 6.07 Å². The van der Waals surface area contributed by atoms with E-state index in [1.165, 1.54) is 0 Å². The minimum absolute atomic E-state index is 0.0416. The van der Waals surface area contributed by atoms with Gasteiger partial charge in [-0.25, -0.2) is 0 Å². The molecule has 0 atom stereocenters. The molecular formula is C8H9NO. The Bertz CT molecular complexity index is 260. The molecule has 0 radical (unpaired) electrons. The molecule has 2 nitrogen and oxygen atoms in total. The van der Waals surface area contributed by atoms with Crippen molar-refractivity contribution in [3.05, 3.63) is 36.7 Å². The minimum atomic E-state index is 0.0416. The van der Waals surface area contributed by atoms with Gasteiger partial charge in [0.25, 0.3) is 0 Å². The van der Waals surface area contributed by atoms with Crippen molar-refractivity contribution in [3.8, 4) is 0 Å². The highest BCUT2D eigenvalue weighted by Gasteiger charge is 2.00. The zero-order valence-electron chi connectivity index (χ0n) is 5.59. The molecule has 10 heavy (non-hydrogen) atoms. The molecule has 0 bridgehead atoms. The second kappa shape index (κ2) is 2.43. The maximum atomic E-state index is 8.95. The third-order valence-electron chi connectivity index (χ3n) is 1.29. The molecule has 0 unspecified atom stereocenters. The summed E-state index contributed by atoms with van der Waals surface area (Å²) >= 11 is 0. The minimum Gasteiger partial charge on any atom is -0.506 e. The molecule has 0 saturated carbocycles. The zero-order valence-corrected chi connectivity index (χ0v) is 5.59. The number of aromatic amines is 1. The van der Waals surface area contributed by atoms with Crippen molar-refractivity contribution in [2.75, 3.05) is 0 Å². The summed E-state index contributed by atoms with van der Waals surface area (Å²) in [5.41, 5.74) is 1.50. The molecule has 0 aliphatic carbocycles. The summed E-state index contributed by atoms with van der Waals surface area (Å²) in [6.45, 7) is 6.96. The van der Waals surface area contributed by atoms with Crippen LogP contribution in [0, 0.1) is 0 Å². The molecule has 0 saturated heterocycles. The van der Waals surface area contributed by atoms with Gasteiger partial charge in [0.15, 0.2) is 0 Å². The quantitative estimate of drug-likeness (QED) is 0.599. The standard InChI is InChI=1S/C8H9NO/c1-3-7-4-5-9-8(7)6(2)10/h3-5,9-10H,1-2H2. The van der Waals surface area contributed by atoms with Gasteiger partial charge >= 0.3 is 0 Å². The van der Waals surface area contributed by atoms with Crippen LogP contribution in [0.2, 0.25) is 0 Å². The average molecular weight is 135 g/mol. The Balaban J connectivity index is 3.13. The molecule has 0 aliphatic heterocycles. The molecule has 0 spiro atoms. The van der Waals surface area contributed by atoms with Crippen molar-refractivity contribution in [1.82, 2.24) is 4.98 Å². The largest absolute Gasteiger partial charge is 0.506 e. The van der Waals surface area contributed by atoms with Gasteiger partial charge in [-0.05, 0) is 6.07 Å². The van der Waals surface area contributed by atoms with Gasteiger partial charge in [-0.1, -0.05) is 19.2 Å². The Morgan fingerprint density at radius 1 is 1.70 bits per heavy atom. The van der Waals surface area contributed by atoms with Crippen LogP contribution in [0.4, 0.5) is 0 Å². The third-order valence-corrected chi connectivity index (χ3v) is 1.29. The number of aliphatic hydroxyl groups is 1. The van der Waals surface area contributed by atoms with Gasteiger partial charge in [-0.15, -0.1) is 0 Å². The number of hydrogen-bond acceptors (Lipinski definition) is 1. The Kier molecular flexibility index (Phi) is 1.63. The predicted molar refractivity (Wildman–Crippen MR) is 42.5 cm³/mol. The molecule has 2 heteroatoms. The molecular weight excluding hydrogens is 126 g/mol. The summed E-state index contributed by atoms with van der Waals surface area (Å²) < 4.78 is 0. The van der Waals surface area contributed by atoms with Crippen LogP contribution in [0.1, 0.15) is 11.3 Å². The summed E-state index contributed by atoms with van der Waals surface area (Å²) in [6.07, 6.45) is 3.39. The summed E-state index contributed by atoms with van der Waals surface area (Å²) in [4.78, 5) is 2.84. The normalized spacial score (nSPS) is 9.20. The number of H-pyrrole nitrogens is 1. The van der Waals surface area contributed by atoms with E-state index in [0.717, 1.165) is 5.56 Å². The molecule has 1 aromatic rings. The molecule has 0 aliphatic rings. The van der Waals surface area contributed by atoms with Crippen LogP contribution in [0.25, 0.3) is 11.8 Å². The van der Waals surface area contributed by atoms with Crippen molar-refractivity contribution in [3.63, 3.8) is 0 Å². The highest BCUT2D eigenvalue weighted by atomic mass is 16.3. The van der Waals surface area contributed by atoms with Gasteiger partial charge in [0.1, 0.15) is 5.76 Å². The van der Waals surface area contributed by atoms with Crippen LogP contribution in [-0.4, -0.2) is 10.1 Å². The summed E-state index contributed by atoms with van der Waals surface area (Å²) in [5.74, 6) is 0.0416. The fourth-order valence-electron chi connectivity index (χ4n) is 0.801. The van der Waals surface area contributed by atoms with E-state index in [0.29, 0.717) is 5.69 Å². The number of hydrogen-bond donors (Lipinski definition) is 2. The van der Waals surface area contributed by atoms with Crippen LogP contribution in [0.3, 0.4) is 0 Å². The number of aromatic nitrogens is 1. The highest BCUT2D eigenvalue weighted by Crippen LogP contribution is 2.13. The van der Waals surface area contributed by atoms with Crippen molar-refractivity contribution in [2.45, 2.75) is 0 Å². The van der Waals surface area contributed by atoms with Gasteiger partial charge in [-0.2, -0.15) is 0 Å². The summed E-state index contributed by atoms with van der Waals surface area (Å²) in [6, 6.07) is 1.82. The lowest BCUT2D eigenvalue weighted by atomic mass is 10.2. The van der Waals surface area contributed by atoms with E-state index in [-0.39, 0.29) is 5.76 Å². The van der Waals surface area contributed by atoms with E-state index in [4.69, 9.17) is 5.11 Å². The van der Waals surface area contributed by atoms with E-state index in [1.54, 1.807) is 12.3 Å². The Labute approximate surface area is 59.5 Å². The monoisotopic (exact) mass is 135 g/mol. The van der Waals surface area contributed by atoms with Gasteiger partial charge in [-0.3, -0.25) is 0 Å². The maximum absolute atomic E-state index is 8.95. The fourth-order valence-corrected chi connectivity index (χ4v) is 0.801. The van der Waals surface area contributed by atoms with Crippen LogP contribution in [0.15, 0.2) is 25.4 Å². The SMILES string of the molecule is C=Cc1cc[nH]c1C(=C)O. The third kappa shape index (κ3) is 0.957. The lowest BCUT2D eigenvalue weighted by molar-refractivity contribution is 0.511. The molecule has 52 valence electrons. The molecule has 0 fully saturated rings. The number of rotatable bonds is 2. The van der Waals surface area contributed by atoms with E-state index in [2.05, 4.69) is 18.1 Å². The molecule has 2 N–H and O–H groups in total. The Morgan fingerprint density at radius 2 is 2.40 bits per heavy atom. The molecule has 0 amide bonds. The Morgan fingerprint density at radius 3 is 2.80 bits per heavy atom. The first kappa shape index (κ1) is 6.68. The smallest absolute Gasteiger partial charge is 0.132 e. The lowest BCUT2D eigenvalue weighted by Gasteiger charge is -1.94. The van der Waals surface area contributed by atoms with Crippen molar-refractivity contribution in [1.29, 1.82) is 0 Å². The van der Waals surface area contributed by atoms with Crippen LogP contribution in [-0.2, 0) is 0 Å². The molecule has 1 heterocycles. The van der Waals surface area contributed by atoms with Crippen LogP contribution in [0.5, 0.6) is 0 Å². The van der Waals surface area contributed by atoms with E-state index >= 15 is 0 Å². The van der Waals surface area contributed by atoms with E-state index in [9.17, 15) is 0 Å². The van der Waals surface area contributed by atoms with Crippen molar-refractivity contribution < 1.29 is 5.11 Å². The van der Waals surface area contributed by atoms with Gasteiger partial charge in [0.2, 0.25) is 0 Å². The van der Waals surface area contributed by atoms with Crippen LogP contribution < -0.4 is 0 Å².